The zero-order valence-electron chi connectivity index (χ0n) is 16.4. The number of allylic oxidation sites excluding steroid dienone is 2. The van der Waals surface area contributed by atoms with Gasteiger partial charge in [0, 0.05) is 24.0 Å². The zero-order chi connectivity index (χ0) is 19.3. The molecule has 0 aromatic rings. The first-order valence-corrected chi connectivity index (χ1v) is 11.0. The molecule has 5 nitrogen and oxygen atoms in total. The molecule has 5 aliphatic carbocycles. The van der Waals surface area contributed by atoms with E-state index >= 15 is 0 Å². The van der Waals surface area contributed by atoms with Crippen LogP contribution in [0.1, 0.15) is 45.4 Å². The summed E-state index contributed by atoms with van der Waals surface area (Å²) in [5.74, 6) is 3.36. The molecule has 28 heavy (non-hydrogen) atoms. The molecule has 0 aromatic heterocycles. The van der Waals surface area contributed by atoms with Crippen molar-refractivity contribution in [2.75, 3.05) is 6.61 Å². The number of oxime groups is 1. The molecule has 0 bridgehead atoms. The predicted octanol–water partition coefficient (Wildman–Crippen LogP) is 3.32. The molecular weight excluding hydrogens is 354 g/mol. The number of fused-ring (bicyclic) bond motifs is 9. The van der Waals surface area contributed by atoms with E-state index in [0.29, 0.717) is 35.5 Å². The Morgan fingerprint density at radius 1 is 1.32 bits per heavy atom. The lowest BCUT2D eigenvalue weighted by Gasteiger charge is -2.58. The van der Waals surface area contributed by atoms with Crippen molar-refractivity contribution in [3.63, 3.8) is 0 Å². The Morgan fingerprint density at radius 3 is 2.89 bits per heavy atom. The fourth-order valence-corrected chi connectivity index (χ4v) is 8.59. The summed E-state index contributed by atoms with van der Waals surface area (Å²) in [7, 11) is 0. The third kappa shape index (κ3) is 1.92. The largest absolute Gasteiger partial charge is 0.451 e. The highest BCUT2D eigenvalue weighted by molar-refractivity contribution is 5.96. The highest BCUT2D eigenvalue weighted by Crippen LogP contribution is 2.78. The van der Waals surface area contributed by atoms with Crippen molar-refractivity contribution in [3.05, 3.63) is 23.8 Å². The molecule has 0 radical (unpaired) electrons. The highest BCUT2D eigenvalue weighted by atomic mass is 16.6. The Kier molecular flexibility index (Phi) is 3.39. The number of carbonyl (C=O) groups excluding carboxylic acids is 1. The van der Waals surface area contributed by atoms with E-state index in [1.165, 1.54) is 5.57 Å². The Bertz CT molecular complexity index is 830. The molecule has 2 N–H and O–H groups in total. The molecule has 4 fully saturated rings. The van der Waals surface area contributed by atoms with Crippen molar-refractivity contribution >= 4 is 11.7 Å². The lowest BCUT2D eigenvalue weighted by Crippen LogP contribution is -2.57. The Labute approximate surface area is 165 Å². The number of aliphatic hydroxyl groups excluding tert-OH is 1. The van der Waals surface area contributed by atoms with E-state index in [1.807, 2.05) is 0 Å². The molecule has 1 aliphatic heterocycles. The number of ether oxygens (including phenoxy) is 1. The van der Waals surface area contributed by atoms with Gasteiger partial charge in [0.05, 0.1) is 5.71 Å². The van der Waals surface area contributed by atoms with Crippen LogP contribution in [0.4, 0.5) is 0 Å². The van der Waals surface area contributed by atoms with Crippen LogP contribution in [0.25, 0.3) is 0 Å². The van der Waals surface area contributed by atoms with Crippen molar-refractivity contribution in [2.24, 2.45) is 52.0 Å². The van der Waals surface area contributed by atoms with Gasteiger partial charge in [-0.1, -0.05) is 17.7 Å². The molecule has 150 valence electrons. The lowest BCUT2D eigenvalue weighted by atomic mass is 9.47. The van der Waals surface area contributed by atoms with E-state index in [9.17, 15) is 15.1 Å². The fraction of sp³-hybridized carbons (Fsp3) is 0.739. The van der Waals surface area contributed by atoms with Crippen molar-refractivity contribution in [1.82, 2.24) is 0 Å². The summed E-state index contributed by atoms with van der Waals surface area (Å²) >= 11 is 0. The van der Waals surface area contributed by atoms with Gasteiger partial charge in [0.15, 0.2) is 0 Å². The normalized spacial score (nSPS) is 54.6. The first-order chi connectivity index (χ1) is 13.5. The summed E-state index contributed by atoms with van der Waals surface area (Å²) in [6.07, 6.45) is 12.0. The minimum Gasteiger partial charge on any atom is -0.451 e. The molecule has 1 spiro atoms. The van der Waals surface area contributed by atoms with Crippen molar-refractivity contribution in [3.8, 4) is 0 Å². The van der Waals surface area contributed by atoms with Crippen LogP contribution in [0.15, 0.2) is 29.0 Å². The number of esters is 1. The van der Waals surface area contributed by atoms with Crippen molar-refractivity contribution in [1.29, 1.82) is 0 Å². The highest BCUT2D eigenvalue weighted by Gasteiger charge is 2.78. The van der Waals surface area contributed by atoms with E-state index in [2.05, 4.69) is 24.2 Å². The maximum Gasteiger partial charge on any atom is 0.331 e. The summed E-state index contributed by atoms with van der Waals surface area (Å²) in [5, 5.41) is 23.0. The minimum absolute atomic E-state index is 0.00850. The van der Waals surface area contributed by atoms with Gasteiger partial charge in [-0.15, -0.1) is 0 Å². The topological polar surface area (TPSA) is 79.1 Å². The molecular formula is C23H29NO4. The number of aliphatic hydroxyl groups is 1. The first kappa shape index (κ1) is 17.3. The van der Waals surface area contributed by atoms with E-state index in [0.717, 1.165) is 44.2 Å². The minimum atomic E-state index is -0.399. The van der Waals surface area contributed by atoms with Gasteiger partial charge < -0.3 is 15.1 Å². The third-order valence-corrected chi connectivity index (χ3v) is 9.58. The van der Waals surface area contributed by atoms with Gasteiger partial charge >= 0.3 is 5.97 Å². The van der Waals surface area contributed by atoms with Crippen LogP contribution in [0.2, 0.25) is 0 Å². The van der Waals surface area contributed by atoms with Gasteiger partial charge in [-0.25, -0.2) is 4.79 Å². The van der Waals surface area contributed by atoms with Gasteiger partial charge in [-0.3, -0.25) is 0 Å². The second kappa shape index (κ2) is 5.50. The van der Waals surface area contributed by atoms with Crippen LogP contribution in [-0.2, 0) is 9.53 Å². The fourth-order valence-electron chi connectivity index (χ4n) is 8.59. The molecule has 5 heteroatoms. The summed E-state index contributed by atoms with van der Waals surface area (Å²) in [4.78, 5) is 12.0. The molecule has 9 atom stereocenters. The summed E-state index contributed by atoms with van der Waals surface area (Å²) in [6.45, 7) is 2.57. The van der Waals surface area contributed by atoms with Gasteiger partial charge in [0.2, 0.25) is 0 Å². The summed E-state index contributed by atoms with van der Waals surface area (Å²) in [6, 6.07) is 0. The Hall–Kier alpha value is -1.62. The Balaban J connectivity index is 1.41. The number of nitrogens with zero attached hydrogens (tertiary/aromatic N) is 1. The van der Waals surface area contributed by atoms with Crippen molar-refractivity contribution in [2.45, 2.75) is 51.0 Å². The van der Waals surface area contributed by atoms with Gasteiger partial charge in [-0.05, 0) is 86.2 Å². The first-order valence-electron chi connectivity index (χ1n) is 11.0. The van der Waals surface area contributed by atoms with Crippen molar-refractivity contribution < 1.29 is 19.8 Å². The SMILES string of the molecule is C[C@]12CCC3C(C1[C@H]1C[C@H]1[C@@]21C=CC(=O)O1)[C@H](CO)CC1=C/C(=N/O)CC[C@@H]13. The maximum absolute atomic E-state index is 12.0. The van der Waals surface area contributed by atoms with E-state index in [1.54, 1.807) is 6.08 Å². The average Bonchev–Trinajstić information content (AvgIpc) is 3.35. The third-order valence-electron chi connectivity index (χ3n) is 9.58. The molecule has 1 heterocycles. The van der Waals surface area contributed by atoms with E-state index in [-0.39, 0.29) is 23.9 Å². The van der Waals surface area contributed by atoms with Crippen LogP contribution >= 0.6 is 0 Å². The maximum atomic E-state index is 12.0. The second-order valence-corrected chi connectivity index (χ2v) is 10.4. The summed E-state index contributed by atoms with van der Waals surface area (Å²) in [5.41, 5.74) is 1.76. The van der Waals surface area contributed by atoms with E-state index < -0.39 is 5.60 Å². The molecule has 6 rings (SSSR count). The quantitative estimate of drug-likeness (QED) is 0.414. The van der Waals surface area contributed by atoms with Gasteiger partial charge in [0.25, 0.3) is 0 Å². The van der Waals surface area contributed by atoms with Crippen LogP contribution in [-0.4, -0.2) is 34.2 Å². The predicted molar refractivity (Wildman–Crippen MR) is 103 cm³/mol. The zero-order valence-corrected chi connectivity index (χ0v) is 16.4. The van der Waals surface area contributed by atoms with Crippen LogP contribution < -0.4 is 0 Å². The molecule has 4 saturated carbocycles. The van der Waals surface area contributed by atoms with Crippen LogP contribution in [0.3, 0.4) is 0 Å². The number of carbonyl (C=O) groups is 1. The smallest absolute Gasteiger partial charge is 0.331 e. The number of hydrogen-bond acceptors (Lipinski definition) is 5. The second-order valence-electron chi connectivity index (χ2n) is 10.4. The monoisotopic (exact) mass is 383 g/mol. The molecule has 3 unspecified atom stereocenters. The molecule has 0 saturated heterocycles. The van der Waals surface area contributed by atoms with Gasteiger partial charge in [-0.2, -0.15) is 0 Å². The molecule has 6 aliphatic rings. The van der Waals surface area contributed by atoms with Crippen LogP contribution in [0, 0.1) is 46.8 Å². The standard InChI is InChI=1S/C23H29NO4/c1-22-6-4-16-15-3-2-14(24-27)9-12(15)8-13(11-25)20(16)21(22)17-10-18(17)23(22)7-5-19(26)28-23/h5,7,9,13,15-18,20-21,25,27H,2-4,6,8,10-11H2,1H3/b24-14+/t13-,15-,16?,17-,18+,20?,21?,22-,23-/m0/s1. The number of rotatable bonds is 1. The Morgan fingerprint density at radius 2 is 2.18 bits per heavy atom. The number of hydrogen-bond donors (Lipinski definition) is 2. The van der Waals surface area contributed by atoms with Crippen LogP contribution in [0.5, 0.6) is 0 Å². The lowest BCUT2D eigenvalue weighted by molar-refractivity contribution is -0.171. The average molecular weight is 383 g/mol. The molecule has 0 amide bonds. The molecule has 0 aromatic carbocycles. The van der Waals surface area contributed by atoms with E-state index in [4.69, 9.17) is 4.74 Å². The van der Waals surface area contributed by atoms with Gasteiger partial charge in [0.1, 0.15) is 5.60 Å². The summed E-state index contributed by atoms with van der Waals surface area (Å²) < 4.78 is 6.05.